The highest BCUT2D eigenvalue weighted by molar-refractivity contribution is 6.20. The Kier molecular flexibility index (Phi) is 4.38. The molecule has 0 aliphatic carbocycles. The van der Waals surface area contributed by atoms with E-state index in [-0.39, 0.29) is 0 Å². The van der Waals surface area contributed by atoms with Crippen LogP contribution in [0, 0.1) is 5.92 Å². The molecular weight excluding hydrogens is 170 g/mol. The zero-order valence-corrected chi connectivity index (χ0v) is 8.98. The summed E-state index contributed by atoms with van der Waals surface area (Å²) in [4.78, 5) is 2.50. The monoisotopic (exact) mass is 189 g/mol. The Morgan fingerprint density at radius 1 is 1.58 bits per heavy atom. The van der Waals surface area contributed by atoms with Crippen LogP contribution in [-0.4, -0.2) is 29.9 Å². The van der Waals surface area contributed by atoms with Crippen LogP contribution in [0.1, 0.15) is 33.1 Å². The molecule has 1 nitrogen and oxygen atoms in total. The predicted octanol–water partition coefficient (Wildman–Crippen LogP) is 2.74. The molecule has 0 saturated carbocycles. The molecule has 12 heavy (non-hydrogen) atoms. The molecule has 0 aromatic rings. The molecule has 1 rings (SSSR count). The van der Waals surface area contributed by atoms with Gasteiger partial charge >= 0.3 is 0 Å². The van der Waals surface area contributed by atoms with Crippen molar-refractivity contribution in [3.05, 3.63) is 0 Å². The van der Waals surface area contributed by atoms with E-state index in [9.17, 15) is 0 Å². The van der Waals surface area contributed by atoms with Gasteiger partial charge in [-0.1, -0.05) is 20.3 Å². The topological polar surface area (TPSA) is 3.24 Å². The van der Waals surface area contributed by atoms with Gasteiger partial charge in [-0.3, -0.25) is 0 Å². The first-order valence-corrected chi connectivity index (χ1v) is 5.52. The van der Waals surface area contributed by atoms with Gasteiger partial charge in [-0.15, -0.1) is 11.6 Å². The van der Waals surface area contributed by atoms with Crippen LogP contribution in [0.4, 0.5) is 0 Å². The third-order valence-electron chi connectivity index (χ3n) is 2.57. The van der Waals surface area contributed by atoms with Gasteiger partial charge < -0.3 is 4.90 Å². The Morgan fingerprint density at radius 3 is 2.83 bits per heavy atom. The molecule has 0 aromatic heterocycles. The van der Waals surface area contributed by atoms with Crippen molar-refractivity contribution in [2.24, 2.45) is 5.92 Å². The fraction of sp³-hybridized carbons (Fsp3) is 1.00. The predicted molar refractivity (Wildman–Crippen MR) is 54.8 cm³/mol. The molecule has 2 atom stereocenters. The van der Waals surface area contributed by atoms with Gasteiger partial charge in [-0.25, -0.2) is 0 Å². The molecule has 0 N–H and O–H groups in total. The van der Waals surface area contributed by atoms with E-state index in [4.69, 9.17) is 11.6 Å². The van der Waals surface area contributed by atoms with Gasteiger partial charge in [-0.2, -0.15) is 0 Å². The number of likely N-dealkylation sites (tertiary alicyclic amines) is 1. The lowest BCUT2D eigenvalue weighted by molar-refractivity contribution is 0.279. The molecule has 1 aliphatic heterocycles. The first-order chi connectivity index (χ1) is 5.72. The highest BCUT2D eigenvalue weighted by Gasteiger charge is 2.20. The van der Waals surface area contributed by atoms with Crippen LogP contribution < -0.4 is 0 Å². The number of hydrogen-bond donors (Lipinski definition) is 0. The highest BCUT2D eigenvalue weighted by Crippen LogP contribution is 2.17. The Morgan fingerprint density at radius 2 is 2.33 bits per heavy atom. The van der Waals surface area contributed by atoms with E-state index in [0.717, 1.165) is 12.5 Å². The third-order valence-corrected chi connectivity index (χ3v) is 2.92. The smallest absolute Gasteiger partial charge is 0.0475 e. The molecule has 1 heterocycles. The minimum atomic E-state index is 0.416. The largest absolute Gasteiger partial charge is 0.302 e. The van der Waals surface area contributed by atoms with Crippen molar-refractivity contribution in [1.29, 1.82) is 0 Å². The standard InChI is InChI=1S/C10H20ClN/c1-3-4-9(2)7-12-6-5-10(11)8-12/h9-10H,3-8H2,1-2H3. The number of alkyl halides is 1. The van der Waals surface area contributed by atoms with Crippen LogP contribution >= 0.6 is 11.6 Å². The van der Waals surface area contributed by atoms with Gasteiger partial charge in [0.2, 0.25) is 0 Å². The Hall–Kier alpha value is 0.250. The Labute approximate surface area is 81.1 Å². The summed E-state index contributed by atoms with van der Waals surface area (Å²) in [7, 11) is 0. The van der Waals surface area contributed by atoms with Gasteiger partial charge in [0, 0.05) is 18.5 Å². The average Bonchev–Trinajstić information content (AvgIpc) is 2.36. The third kappa shape index (κ3) is 3.32. The number of rotatable bonds is 4. The first kappa shape index (κ1) is 10.3. The number of hydrogen-bond acceptors (Lipinski definition) is 1. The van der Waals surface area contributed by atoms with Crippen LogP contribution in [0.15, 0.2) is 0 Å². The maximum Gasteiger partial charge on any atom is 0.0475 e. The summed E-state index contributed by atoms with van der Waals surface area (Å²) in [6.07, 6.45) is 3.84. The SMILES string of the molecule is CCCC(C)CN1CCC(Cl)C1. The number of nitrogens with zero attached hydrogens (tertiary/aromatic N) is 1. The average molecular weight is 190 g/mol. The Bertz CT molecular complexity index is 127. The van der Waals surface area contributed by atoms with Crippen LogP contribution in [0.5, 0.6) is 0 Å². The highest BCUT2D eigenvalue weighted by atomic mass is 35.5. The van der Waals surface area contributed by atoms with E-state index >= 15 is 0 Å². The zero-order valence-electron chi connectivity index (χ0n) is 8.22. The van der Waals surface area contributed by atoms with E-state index in [2.05, 4.69) is 18.7 Å². The molecule has 1 aliphatic rings. The van der Waals surface area contributed by atoms with E-state index in [0.29, 0.717) is 5.38 Å². The molecular formula is C10H20ClN. The summed E-state index contributed by atoms with van der Waals surface area (Å²) in [5, 5.41) is 0.416. The first-order valence-electron chi connectivity index (χ1n) is 5.08. The van der Waals surface area contributed by atoms with Crippen LogP contribution in [0.2, 0.25) is 0 Å². The van der Waals surface area contributed by atoms with Crippen LogP contribution in [0.3, 0.4) is 0 Å². The fourth-order valence-electron chi connectivity index (χ4n) is 1.98. The fourth-order valence-corrected chi connectivity index (χ4v) is 2.27. The van der Waals surface area contributed by atoms with E-state index < -0.39 is 0 Å². The summed E-state index contributed by atoms with van der Waals surface area (Å²) in [5.74, 6) is 0.844. The van der Waals surface area contributed by atoms with Crippen molar-refractivity contribution in [3.63, 3.8) is 0 Å². The van der Waals surface area contributed by atoms with Gasteiger partial charge in [0.1, 0.15) is 0 Å². The quantitative estimate of drug-likeness (QED) is 0.615. The lowest BCUT2D eigenvalue weighted by Gasteiger charge is -2.19. The second kappa shape index (κ2) is 5.08. The van der Waals surface area contributed by atoms with Crippen molar-refractivity contribution in [2.45, 2.75) is 38.5 Å². The second-order valence-corrected chi connectivity index (χ2v) is 4.66. The van der Waals surface area contributed by atoms with Gasteiger partial charge in [0.15, 0.2) is 0 Å². The minimum absolute atomic E-state index is 0.416. The molecule has 2 unspecified atom stereocenters. The summed E-state index contributed by atoms with van der Waals surface area (Å²) >= 11 is 6.03. The van der Waals surface area contributed by atoms with Crippen LogP contribution in [0.25, 0.3) is 0 Å². The molecule has 0 radical (unpaired) electrons. The molecule has 0 amide bonds. The van der Waals surface area contributed by atoms with Gasteiger partial charge in [0.05, 0.1) is 0 Å². The summed E-state index contributed by atoms with van der Waals surface area (Å²) in [6, 6.07) is 0. The normalized spacial score (nSPS) is 27.8. The molecule has 2 heteroatoms. The maximum atomic E-state index is 6.03. The second-order valence-electron chi connectivity index (χ2n) is 4.04. The molecule has 0 spiro atoms. The molecule has 72 valence electrons. The van der Waals surface area contributed by atoms with E-state index in [1.807, 2.05) is 0 Å². The maximum absolute atomic E-state index is 6.03. The molecule has 0 bridgehead atoms. The molecule has 1 saturated heterocycles. The van der Waals surface area contributed by atoms with Gasteiger partial charge in [0.25, 0.3) is 0 Å². The van der Waals surface area contributed by atoms with Crippen molar-refractivity contribution in [3.8, 4) is 0 Å². The lowest BCUT2D eigenvalue weighted by atomic mass is 10.1. The minimum Gasteiger partial charge on any atom is -0.302 e. The van der Waals surface area contributed by atoms with Gasteiger partial charge in [-0.05, 0) is 25.3 Å². The van der Waals surface area contributed by atoms with Crippen molar-refractivity contribution in [2.75, 3.05) is 19.6 Å². The van der Waals surface area contributed by atoms with E-state index in [1.165, 1.54) is 32.4 Å². The van der Waals surface area contributed by atoms with E-state index in [1.54, 1.807) is 0 Å². The Balaban J connectivity index is 2.14. The summed E-state index contributed by atoms with van der Waals surface area (Å²) in [6.45, 7) is 8.16. The summed E-state index contributed by atoms with van der Waals surface area (Å²) < 4.78 is 0. The molecule has 1 fully saturated rings. The lowest BCUT2D eigenvalue weighted by Crippen LogP contribution is -2.26. The zero-order chi connectivity index (χ0) is 8.97. The van der Waals surface area contributed by atoms with Crippen molar-refractivity contribution in [1.82, 2.24) is 4.90 Å². The van der Waals surface area contributed by atoms with Crippen molar-refractivity contribution < 1.29 is 0 Å². The number of halogens is 1. The van der Waals surface area contributed by atoms with Crippen LogP contribution in [-0.2, 0) is 0 Å². The summed E-state index contributed by atoms with van der Waals surface area (Å²) in [5.41, 5.74) is 0. The van der Waals surface area contributed by atoms with Crippen molar-refractivity contribution >= 4 is 11.6 Å². The molecule has 0 aromatic carbocycles.